The van der Waals surface area contributed by atoms with E-state index >= 15 is 0 Å². The van der Waals surface area contributed by atoms with Crippen LogP contribution in [0.5, 0.6) is 5.75 Å². The first-order valence-corrected chi connectivity index (χ1v) is 9.09. The van der Waals surface area contributed by atoms with Crippen LogP contribution in [0.3, 0.4) is 0 Å². The van der Waals surface area contributed by atoms with Crippen LogP contribution in [0.25, 0.3) is 0 Å². The summed E-state index contributed by atoms with van der Waals surface area (Å²) < 4.78 is 44.2. The summed E-state index contributed by atoms with van der Waals surface area (Å²) >= 11 is 0. The van der Waals surface area contributed by atoms with Crippen molar-refractivity contribution < 1.29 is 17.5 Å². The monoisotopic (exact) mass is 330 g/mol. The second kappa shape index (κ2) is 7.39. The highest BCUT2D eigenvalue weighted by molar-refractivity contribution is 7.89. The Labute approximate surface area is 131 Å². The lowest BCUT2D eigenvalue weighted by Gasteiger charge is -2.34. The molecule has 0 atom stereocenters. The highest BCUT2D eigenvalue weighted by atomic mass is 32.2. The van der Waals surface area contributed by atoms with E-state index in [0.717, 1.165) is 5.56 Å². The molecule has 7 heteroatoms. The van der Waals surface area contributed by atoms with Gasteiger partial charge in [0.2, 0.25) is 10.0 Å². The van der Waals surface area contributed by atoms with E-state index in [1.807, 2.05) is 13.0 Å². The van der Waals surface area contributed by atoms with Crippen LogP contribution in [0, 0.1) is 5.82 Å². The third kappa shape index (κ3) is 4.18. The lowest BCUT2D eigenvalue weighted by atomic mass is 10.2. The summed E-state index contributed by atoms with van der Waals surface area (Å²) in [5, 5.41) is 0. The summed E-state index contributed by atoms with van der Waals surface area (Å²) in [6, 6.07) is 4.92. The van der Waals surface area contributed by atoms with E-state index in [-0.39, 0.29) is 17.3 Å². The molecule has 0 N–H and O–H groups in total. The molecule has 0 aliphatic carbocycles. The van der Waals surface area contributed by atoms with E-state index in [0.29, 0.717) is 39.1 Å². The van der Waals surface area contributed by atoms with Gasteiger partial charge in [0.15, 0.2) is 11.6 Å². The Balaban J connectivity index is 1.91. The standard InChI is InChI=1S/C15H23FN2O3S/c1-3-10-22(19,20)18-8-6-17(7-9-18)12-13-4-5-15(21-2)14(16)11-13/h4-5,11H,3,6-10,12H2,1-2H3. The van der Waals surface area contributed by atoms with Gasteiger partial charge in [-0.15, -0.1) is 0 Å². The maximum Gasteiger partial charge on any atom is 0.214 e. The van der Waals surface area contributed by atoms with E-state index in [1.54, 1.807) is 10.4 Å². The van der Waals surface area contributed by atoms with Crippen molar-refractivity contribution >= 4 is 10.0 Å². The van der Waals surface area contributed by atoms with Crippen molar-refractivity contribution in [2.24, 2.45) is 0 Å². The molecule has 1 aromatic rings. The molecular formula is C15H23FN2O3S. The van der Waals surface area contributed by atoms with Crippen LogP contribution in [-0.4, -0.2) is 56.7 Å². The number of sulfonamides is 1. The number of halogens is 1. The Hall–Kier alpha value is -1.18. The molecule has 1 aliphatic rings. The number of benzene rings is 1. The average molecular weight is 330 g/mol. The van der Waals surface area contributed by atoms with Crippen molar-refractivity contribution in [3.8, 4) is 5.75 Å². The first-order chi connectivity index (χ1) is 10.5. The van der Waals surface area contributed by atoms with Crippen molar-refractivity contribution in [2.45, 2.75) is 19.9 Å². The molecule has 1 saturated heterocycles. The lowest BCUT2D eigenvalue weighted by molar-refractivity contribution is 0.181. The van der Waals surface area contributed by atoms with Crippen molar-refractivity contribution in [1.82, 2.24) is 9.21 Å². The molecule has 5 nitrogen and oxygen atoms in total. The van der Waals surface area contributed by atoms with Gasteiger partial charge in [-0.1, -0.05) is 13.0 Å². The van der Waals surface area contributed by atoms with E-state index in [1.165, 1.54) is 13.2 Å². The number of ether oxygens (including phenoxy) is 1. The summed E-state index contributed by atoms with van der Waals surface area (Å²) in [6.45, 7) is 4.81. The molecule has 0 saturated carbocycles. The number of piperazine rings is 1. The largest absolute Gasteiger partial charge is 0.494 e. The Morgan fingerprint density at radius 2 is 1.91 bits per heavy atom. The van der Waals surface area contributed by atoms with Crippen LogP contribution >= 0.6 is 0 Å². The molecular weight excluding hydrogens is 307 g/mol. The normalized spacial score (nSPS) is 17.6. The van der Waals surface area contributed by atoms with Gasteiger partial charge >= 0.3 is 0 Å². The summed E-state index contributed by atoms with van der Waals surface area (Å²) in [5.41, 5.74) is 0.864. The van der Waals surface area contributed by atoms with E-state index in [9.17, 15) is 12.8 Å². The van der Waals surface area contributed by atoms with Gasteiger partial charge in [0, 0.05) is 32.7 Å². The van der Waals surface area contributed by atoms with Gasteiger partial charge < -0.3 is 4.74 Å². The zero-order valence-corrected chi connectivity index (χ0v) is 13.9. The summed E-state index contributed by atoms with van der Waals surface area (Å²) in [5.74, 6) is 0.0693. The van der Waals surface area contributed by atoms with Crippen LogP contribution in [0.2, 0.25) is 0 Å². The SMILES string of the molecule is CCCS(=O)(=O)N1CCN(Cc2ccc(OC)c(F)c2)CC1. The molecule has 1 aromatic carbocycles. The van der Waals surface area contributed by atoms with Crippen molar-refractivity contribution in [1.29, 1.82) is 0 Å². The van der Waals surface area contributed by atoms with Gasteiger partial charge in [-0.05, 0) is 24.1 Å². The van der Waals surface area contributed by atoms with Gasteiger partial charge in [-0.2, -0.15) is 4.31 Å². The third-order valence-corrected chi connectivity index (χ3v) is 5.89. The predicted octanol–water partition coefficient (Wildman–Crippen LogP) is 1.69. The summed E-state index contributed by atoms with van der Waals surface area (Å²) in [6.07, 6.45) is 0.633. The fourth-order valence-electron chi connectivity index (χ4n) is 2.62. The van der Waals surface area contributed by atoms with E-state index in [2.05, 4.69) is 4.90 Å². The summed E-state index contributed by atoms with van der Waals surface area (Å²) in [7, 11) is -1.68. The Kier molecular flexibility index (Phi) is 5.77. The lowest BCUT2D eigenvalue weighted by Crippen LogP contribution is -2.48. The number of hydrogen-bond donors (Lipinski definition) is 0. The third-order valence-electron chi connectivity index (χ3n) is 3.81. The highest BCUT2D eigenvalue weighted by Gasteiger charge is 2.26. The Morgan fingerprint density at radius 3 is 2.45 bits per heavy atom. The van der Waals surface area contributed by atoms with Crippen LogP contribution in [0.15, 0.2) is 18.2 Å². The average Bonchev–Trinajstić information content (AvgIpc) is 2.48. The number of hydrogen-bond acceptors (Lipinski definition) is 4. The zero-order valence-electron chi connectivity index (χ0n) is 13.1. The molecule has 1 heterocycles. The minimum absolute atomic E-state index is 0.205. The van der Waals surface area contributed by atoms with E-state index in [4.69, 9.17) is 4.74 Å². The first-order valence-electron chi connectivity index (χ1n) is 7.49. The molecule has 0 spiro atoms. The zero-order chi connectivity index (χ0) is 16.2. The van der Waals surface area contributed by atoms with Crippen LogP contribution in [0.4, 0.5) is 4.39 Å². The smallest absolute Gasteiger partial charge is 0.214 e. The van der Waals surface area contributed by atoms with Gasteiger partial charge in [-0.3, -0.25) is 4.90 Å². The van der Waals surface area contributed by atoms with Crippen LogP contribution in [-0.2, 0) is 16.6 Å². The topological polar surface area (TPSA) is 49.9 Å². The molecule has 0 aromatic heterocycles. The molecule has 0 unspecified atom stereocenters. The minimum Gasteiger partial charge on any atom is -0.494 e. The predicted molar refractivity (Wildman–Crippen MR) is 83.9 cm³/mol. The molecule has 0 bridgehead atoms. The molecule has 124 valence electrons. The highest BCUT2D eigenvalue weighted by Crippen LogP contribution is 2.19. The molecule has 22 heavy (non-hydrogen) atoms. The quantitative estimate of drug-likeness (QED) is 0.796. The molecule has 2 rings (SSSR count). The number of methoxy groups -OCH3 is 1. The van der Waals surface area contributed by atoms with E-state index < -0.39 is 10.0 Å². The fraction of sp³-hybridized carbons (Fsp3) is 0.600. The van der Waals surface area contributed by atoms with Crippen molar-refractivity contribution in [3.05, 3.63) is 29.6 Å². The van der Waals surface area contributed by atoms with Crippen molar-refractivity contribution in [3.63, 3.8) is 0 Å². The molecule has 1 aliphatic heterocycles. The number of nitrogens with zero attached hydrogens (tertiary/aromatic N) is 2. The maximum atomic E-state index is 13.7. The van der Waals surface area contributed by atoms with Gasteiger partial charge in [0.05, 0.1) is 12.9 Å². The van der Waals surface area contributed by atoms with Gasteiger partial charge in [-0.25, -0.2) is 12.8 Å². The van der Waals surface area contributed by atoms with Crippen LogP contribution < -0.4 is 4.74 Å². The molecule has 0 amide bonds. The van der Waals surface area contributed by atoms with Crippen molar-refractivity contribution in [2.75, 3.05) is 39.0 Å². The first kappa shape index (κ1) is 17.2. The Morgan fingerprint density at radius 1 is 1.23 bits per heavy atom. The maximum absolute atomic E-state index is 13.7. The molecule has 1 fully saturated rings. The van der Waals surface area contributed by atoms with Crippen LogP contribution in [0.1, 0.15) is 18.9 Å². The summed E-state index contributed by atoms with van der Waals surface area (Å²) in [4.78, 5) is 2.14. The Bertz CT molecular complexity index is 599. The van der Waals surface area contributed by atoms with Gasteiger partial charge in [0.1, 0.15) is 0 Å². The second-order valence-corrected chi connectivity index (χ2v) is 7.55. The number of rotatable bonds is 6. The second-order valence-electron chi connectivity index (χ2n) is 5.46. The fourth-order valence-corrected chi connectivity index (χ4v) is 4.11. The van der Waals surface area contributed by atoms with Gasteiger partial charge in [0.25, 0.3) is 0 Å². The molecule has 0 radical (unpaired) electrons. The minimum atomic E-state index is -3.12.